The van der Waals surface area contributed by atoms with E-state index in [4.69, 9.17) is 9.15 Å². The molecular weight excluding hydrogens is 500 g/mol. The fourth-order valence-corrected chi connectivity index (χ4v) is 4.46. The molecule has 1 N–H and O–H groups in total. The van der Waals surface area contributed by atoms with Crippen molar-refractivity contribution in [2.75, 3.05) is 12.4 Å². The fourth-order valence-electron chi connectivity index (χ4n) is 3.07. The van der Waals surface area contributed by atoms with E-state index < -0.39 is 0 Å². The molecule has 0 unspecified atom stereocenters. The molecule has 0 saturated carbocycles. The van der Waals surface area contributed by atoms with Crippen molar-refractivity contribution in [3.8, 4) is 17.2 Å². The Morgan fingerprint density at radius 2 is 1.90 bits per heavy atom. The Balaban J connectivity index is 1.66. The summed E-state index contributed by atoms with van der Waals surface area (Å²) in [5.74, 6) is 0.736. The topological polar surface area (TPSA) is 64.4 Å². The molecule has 0 saturated heterocycles. The quantitative estimate of drug-likeness (QED) is 0.333. The van der Waals surface area contributed by atoms with Gasteiger partial charge in [0.2, 0.25) is 5.89 Å². The summed E-state index contributed by atoms with van der Waals surface area (Å²) in [5.41, 5.74) is 4.38. The molecule has 1 aromatic heterocycles. The van der Waals surface area contributed by atoms with E-state index in [2.05, 4.69) is 42.2 Å². The third-order valence-electron chi connectivity index (χ3n) is 4.48. The minimum Gasteiger partial charge on any atom is -0.495 e. The molecule has 0 bridgehead atoms. The van der Waals surface area contributed by atoms with Crippen LogP contribution in [0.4, 0.5) is 5.69 Å². The number of nitrogens with one attached hydrogen (secondary N) is 1. The lowest BCUT2D eigenvalue weighted by Crippen LogP contribution is -2.13. The number of aromatic nitrogens is 1. The smallest absolute Gasteiger partial charge is 0.259 e. The van der Waals surface area contributed by atoms with E-state index in [0.29, 0.717) is 38.5 Å². The van der Waals surface area contributed by atoms with E-state index in [9.17, 15) is 4.79 Å². The van der Waals surface area contributed by atoms with Crippen LogP contribution in [0.3, 0.4) is 0 Å². The third kappa shape index (κ3) is 3.93. The Labute approximate surface area is 184 Å². The van der Waals surface area contributed by atoms with Gasteiger partial charge in [0, 0.05) is 15.7 Å². The molecule has 0 aliphatic heterocycles. The summed E-state index contributed by atoms with van der Waals surface area (Å²) >= 11 is 6.82. The molecule has 0 fully saturated rings. The Morgan fingerprint density at radius 1 is 1.10 bits per heavy atom. The van der Waals surface area contributed by atoms with Crippen LogP contribution in [0.2, 0.25) is 0 Å². The van der Waals surface area contributed by atoms with Gasteiger partial charge in [-0.2, -0.15) is 0 Å². The van der Waals surface area contributed by atoms with Crippen molar-refractivity contribution in [1.82, 2.24) is 4.98 Å². The number of methoxy groups -OCH3 is 1. The highest BCUT2D eigenvalue weighted by Gasteiger charge is 2.17. The zero-order valence-corrected chi connectivity index (χ0v) is 18.8. The van der Waals surface area contributed by atoms with Crippen LogP contribution in [0.25, 0.3) is 22.6 Å². The first-order valence-corrected chi connectivity index (χ1v) is 10.4. The first kappa shape index (κ1) is 19.7. The molecule has 0 spiro atoms. The van der Waals surface area contributed by atoms with E-state index in [1.54, 1.807) is 24.3 Å². The molecule has 4 rings (SSSR count). The second-order valence-electron chi connectivity index (χ2n) is 6.44. The van der Waals surface area contributed by atoms with Crippen LogP contribution in [0.1, 0.15) is 15.9 Å². The van der Waals surface area contributed by atoms with Gasteiger partial charge >= 0.3 is 0 Å². The number of nitrogens with zero attached hydrogens (tertiary/aromatic N) is 1. The van der Waals surface area contributed by atoms with Gasteiger partial charge in [-0.15, -0.1) is 0 Å². The van der Waals surface area contributed by atoms with Crippen LogP contribution < -0.4 is 10.1 Å². The Hall–Kier alpha value is -2.64. The molecule has 7 heteroatoms. The summed E-state index contributed by atoms with van der Waals surface area (Å²) in [6, 6.07) is 16.8. The lowest BCUT2D eigenvalue weighted by atomic mass is 10.1. The number of benzene rings is 3. The van der Waals surface area contributed by atoms with E-state index in [-0.39, 0.29) is 5.91 Å². The number of ether oxygens (including phenoxy) is 1. The number of rotatable bonds is 4. The van der Waals surface area contributed by atoms with E-state index in [0.717, 1.165) is 15.6 Å². The first-order chi connectivity index (χ1) is 14.0. The SMILES string of the molecule is COc1c(Br)cc(Br)cc1C(=O)Nc1ccc2oc(-c3ccccc3C)nc2c1. The molecule has 3 aromatic carbocycles. The number of fused-ring (bicyclic) bond motifs is 1. The summed E-state index contributed by atoms with van der Waals surface area (Å²) in [4.78, 5) is 17.4. The monoisotopic (exact) mass is 514 g/mol. The number of oxazole rings is 1. The molecule has 1 amide bonds. The van der Waals surface area contributed by atoms with Gasteiger partial charge in [0.25, 0.3) is 5.91 Å². The van der Waals surface area contributed by atoms with Crippen molar-refractivity contribution >= 4 is 54.6 Å². The number of anilines is 1. The molecule has 1 heterocycles. The van der Waals surface area contributed by atoms with Crippen molar-refractivity contribution in [2.45, 2.75) is 6.92 Å². The predicted molar refractivity (Wildman–Crippen MR) is 121 cm³/mol. The van der Waals surface area contributed by atoms with Crippen molar-refractivity contribution in [3.05, 3.63) is 74.7 Å². The molecule has 4 aromatic rings. The van der Waals surface area contributed by atoms with Crippen LogP contribution in [0.5, 0.6) is 5.75 Å². The van der Waals surface area contributed by atoms with Crippen LogP contribution in [0.15, 0.2) is 68.0 Å². The van der Waals surface area contributed by atoms with Gasteiger partial charge in [-0.3, -0.25) is 4.79 Å². The highest BCUT2D eigenvalue weighted by molar-refractivity contribution is 9.11. The normalized spacial score (nSPS) is 10.9. The van der Waals surface area contributed by atoms with Crippen LogP contribution in [0, 0.1) is 6.92 Å². The molecule has 146 valence electrons. The maximum atomic E-state index is 12.8. The van der Waals surface area contributed by atoms with Crippen LogP contribution in [-0.2, 0) is 0 Å². The average molecular weight is 516 g/mol. The molecule has 5 nitrogen and oxygen atoms in total. The van der Waals surface area contributed by atoms with Gasteiger partial charge < -0.3 is 14.5 Å². The average Bonchev–Trinajstić information content (AvgIpc) is 3.10. The highest BCUT2D eigenvalue weighted by atomic mass is 79.9. The van der Waals surface area contributed by atoms with Gasteiger partial charge in [0.05, 0.1) is 17.1 Å². The molecule has 0 radical (unpaired) electrons. The maximum Gasteiger partial charge on any atom is 0.259 e. The van der Waals surface area contributed by atoms with Gasteiger partial charge in [0.1, 0.15) is 11.3 Å². The van der Waals surface area contributed by atoms with Gasteiger partial charge in [0.15, 0.2) is 5.58 Å². The second kappa shape index (κ2) is 8.00. The third-order valence-corrected chi connectivity index (χ3v) is 5.52. The zero-order chi connectivity index (χ0) is 20.5. The van der Waals surface area contributed by atoms with Crippen molar-refractivity contribution in [1.29, 1.82) is 0 Å². The molecule has 0 atom stereocenters. The van der Waals surface area contributed by atoms with Crippen LogP contribution >= 0.6 is 31.9 Å². The standard InChI is InChI=1S/C22H16Br2N2O3/c1-12-5-3-4-6-15(12)22-26-18-11-14(7-8-19(18)29-22)25-21(27)16-9-13(23)10-17(24)20(16)28-2/h3-11H,1-2H3,(H,25,27). The number of halogens is 2. The number of carbonyl (C=O) groups excluding carboxylic acids is 1. The van der Waals surface area contributed by atoms with Crippen molar-refractivity contribution < 1.29 is 13.9 Å². The van der Waals surface area contributed by atoms with Gasteiger partial charge in [-0.1, -0.05) is 34.1 Å². The summed E-state index contributed by atoms with van der Waals surface area (Å²) in [5, 5.41) is 2.90. The molecular formula is C22H16Br2N2O3. The number of amides is 1. The zero-order valence-electron chi connectivity index (χ0n) is 15.6. The highest BCUT2D eigenvalue weighted by Crippen LogP contribution is 2.33. The minimum atomic E-state index is -0.286. The fraction of sp³-hybridized carbons (Fsp3) is 0.0909. The summed E-state index contributed by atoms with van der Waals surface area (Å²) in [6.07, 6.45) is 0. The van der Waals surface area contributed by atoms with E-state index in [1.165, 1.54) is 7.11 Å². The Bertz CT molecular complexity index is 1230. The largest absolute Gasteiger partial charge is 0.495 e. The molecule has 0 aliphatic rings. The van der Waals surface area contributed by atoms with Crippen molar-refractivity contribution in [3.63, 3.8) is 0 Å². The number of carbonyl (C=O) groups is 1. The summed E-state index contributed by atoms with van der Waals surface area (Å²) in [7, 11) is 1.53. The van der Waals surface area contributed by atoms with E-state index >= 15 is 0 Å². The summed E-state index contributed by atoms with van der Waals surface area (Å²) in [6.45, 7) is 2.01. The Morgan fingerprint density at radius 3 is 2.66 bits per heavy atom. The summed E-state index contributed by atoms with van der Waals surface area (Å²) < 4.78 is 12.7. The first-order valence-electron chi connectivity index (χ1n) is 8.77. The minimum absolute atomic E-state index is 0.286. The second-order valence-corrected chi connectivity index (χ2v) is 8.21. The lowest BCUT2D eigenvalue weighted by Gasteiger charge is -2.11. The number of aryl methyl sites for hydroxylation is 1. The maximum absolute atomic E-state index is 12.8. The predicted octanol–water partition coefficient (Wildman–Crippen LogP) is 6.59. The van der Waals surface area contributed by atoms with Gasteiger partial charge in [-0.05, 0) is 64.8 Å². The molecule has 0 aliphatic carbocycles. The van der Waals surface area contributed by atoms with Gasteiger partial charge in [-0.25, -0.2) is 4.98 Å². The van der Waals surface area contributed by atoms with Crippen LogP contribution in [-0.4, -0.2) is 18.0 Å². The van der Waals surface area contributed by atoms with Crippen molar-refractivity contribution in [2.24, 2.45) is 0 Å². The van der Waals surface area contributed by atoms with E-state index in [1.807, 2.05) is 37.3 Å². The molecule has 29 heavy (non-hydrogen) atoms. The number of hydrogen-bond acceptors (Lipinski definition) is 4. The Kier molecular flexibility index (Phi) is 5.43. The number of hydrogen-bond donors (Lipinski definition) is 1. The lowest BCUT2D eigenvalue weighted by molar-refractivity contribution is 0.102.